The van der Waals surface area contributed by atoms with Crippen molar-refractivity contribution in [3.63, 3.8) is 0 Å². The lowest BCUT2D eigenvalue weighted by molar-refractivity contribution is 1.21. The molecule has 0 saturated heterocycles. The first-order chi connectivity index (χ1) is 20.9. The highest BCUT2D eigenvalue weighted by atomic mass is 32.1. The second kappa shape index (κ2) is 8.19. The van der Waals surface area contributed by atoms with Crippen molar-refractivity contribution in [2.75, 3.05) is 0 Å². The number of rotatable bonds is 1. The Bertz CT molecular complexity index is 2740. The topological polar surface area (TPSA) is 4.93 Å². The summed E-state index contributed by atoms with van der Waals surface area (Å²) in [5, 5.41) is 15.8. The van der Waals surface area contributed by atoms with Gasteiger partial charge in [-0.3, -0.25) is 0 Å². The zero-order chi connectivity index (χ0) is 27.4. The van der Waals surface area contributed by atoms with Gasteiger partial charge in [0.05, 0.1) is 21.4 Å². The lowest BCUT2D eigenvalue weighted by Crippen LogP contribution is -1.95. The van der Waals surface area contributed by atoms with Crippen LogP contribution in [-0.4, -0.2) is 4.57 Å². The predicted molar refractivity (Wildman–Crippen MR) is 184 cm³/mol. The highest BCUT2D eigenvalue weighted by Gasteiger charge is 2.24. The molecule has 10 rings (SSSR count). The third-order valence-corrected chi connectivity index (χ3v) is 10.3. The number of fused-ring (bicyclic) bond motifs is 16. The predicted octanol–water partition coefficient (Wildman–Crippen LogP) is 11.8. The first-order valence-electron chi connectivity index (χ1n) is 14.5. The molecule has 0 spiro atoms. The van der Waals surface area contributed by atoms with Crippen molar-refractivity contribution in [3.8, 4) is 5.69 Å². The van der Waals surface area contributed by atoms with Crippen LogP contribution < -0.4 is 0 Å². The lowest BCUT2D eigenvalue weighted by Gasteiger charge is -2.15. The molecule has 42 heavy (non-hydrogen) atoms. The molecule has 0 aliphatic carbocycles. The van der Waals surface area contributed by atoms with Crippen molar-refractivity contribution in [1.29, 1.82) is 0 Å². The van der Waals surface area contributed by atoms with Crippen molar-refractivity contribution < 1.29 is 0 Å². The molecule has 0 aliphatic rings. The fraction of sp³-hybridized carbons (Fsp3) is 0. The minimum atomic E-state index is 1.22. The van der Waals surface area contributed by atoms with Crippen molar-refractivity contribution >= 4 is 96.4 Å². The quantitative estimate of drug-likeness (QED) is 0.179. The van der Waals surface area contributed by atoms with Crippen LogP contribution in [0, 0.1) is 0 Å². The van der Waals surface area contributed by atoms with Crippen molar-refractivity contribution in [3.05, 3.63) is 140 Å². The molecule has 10 aromatic rings. The number of para-hydroxylation sites is 1. The summed E-state index contributed by atoms with van der Waals surface area (Å²) in [7, 11) is 0. The third kappa shape index (κ3) is 2.77. The number of aromatic nitrogens is 1. The summed E-state index contributed by atoms with van der Waals surface area (Å²) < 4.78 is 5.23. The molecule has 0 N–H and O–H groups in total. The van der Waals surface area contributed by atoms with Crippen LogP contribution in [0.15, 0.2) is 140 Å². The molecule has 0 fully saturated rings. The molecular weight excluding hydrogens is 527 g/mol. The summed E-state index contributed by atoms with van der Waals surface area (Å²) in [4.78, 5) is 0. The van der Waals surface area contributed by atoms with Gasteiger partial charge in [-0.15, -0.1) is 11.3 Å². The monoisotopic (exact) mass is 549 g/mol. The van der Waals surface area contributed by atoms with E-state index in [1.165, 1.54) is 90.8 Å². The Kier molecular flexibility index (Phi) is 4.39. The molecule has 0 bridgehead atoms. The normalized spacial score (nSPS) is 12.3. The van der Waals surface area contributed by atoms with Crippen LogP contribution in [0.5, 0.6) is 0 Å². The molecule has 0 aliphatic heterocycles. The van der Waals surface area contributed by atoms with Crippen molar-refractivity contribution in [2.24, 2.45) is 0 Å². The van der Waals surface area contributed by atoms with Gasteiger partial charge in [-0.05, 0) is 45.1 Å². The molecule has 8 aromatic carbocycles. The van der Waals surface area contributed by atoms with E-state index in [4.69, 9.17) is 0 Å². The number of benzene rings is 8. The van der Waals surface area contributed by atoms with Crippen molar-refractivity contribution in [1.82, 2.24) is 4.57 Å². The van der Waals surface area contributed by atoms with Gasteiger partial charge >= 0.3 is 0 Å². The lowest BCUT2D eigenvalue weighted by atomic mass is 9.89. The van der Waals surface area contributed by atoms with Crippen LogP contribution in [0.4, 0.5) is 0 Å². The summed E-state index contributed by atoms with van der Waals surface area (Å²) in [5.74, 6) is 0. The highest BCUT2D eigenvalue weighted by Crippen LogP contribution is 2.51. The Hall–Kier alpha value is -5.18. The van der Waals surface area contributed by atoms with E-state index in [-0.39, 0.29) is 0 Å². The summed E-state index contributed by atoms with van der Waals surface area (Å²) in [6.45, 7) is 0. The maximum absolute atomic E-state index is 2.55. The van der Waals surface area contributed by atoms with Crippen LogP contribution >= 0.6 is 11.3 Å². The van der Waals surface area contributed by atoms with E-state index in [1.807, 2.05) is 11.3 Å². The van der Waals surface area contributed by atoms with Crippen LogP contribution in [0.25, 0.3) is 90.8 Å². The van der Waals surface area contributed by atoms with E-state index in [1.54, 1.807) is 0 Å². The van der Waals surface area contributed by atoms with Gasteiger partial charge in [0.1, 0.15) is 0 Å². The van der Waals surface area contributed by atoms with Gasteiger partial charge in [-0.25, -0.2) is 0 Å². The molecule has 0 unspecified atom stereocenters. The van der Waals surface area contributed by atoms with Gasteiger partial charge in [0.25, 0.3) is 0 Å². The molecule has 2 heterocycles. The van der Waals surface area contributed by atoms with E-state index in [0.717, 1.165) is 0 Å². The molecule has 0 radical (unpaired) electrons. The molecular formula is C40H23NS. The minimum absolute atomic E-state index is 1.22. The Morgan fingerprint density at radius 2 is 0.929 bits per heavy atom. The zero-order valence-corrected chi connectivity index (χ0v) is 23.5. The molecule has 0 atom stereocenters. The SMILES string of the molecule is c1ccc2c(-n3c4ccccc4c4c5c6ccccc6c6ccccc6c5c5c6ccccc6sc5c43)cccc2c1. The Labute approximate surface area is 245 Å². The first-order valence-corrected chi connectivity index (χ1v) is 15.3. The average Bonchev–Trinajstić information content (AvgIpc) is 3.61. The summed E-state index contributed by atoms with van der Waals surface area (Å²) in [5.41, 5.74) is 3.77. The van der Waals surface area contributed by atoms with Gasteiger partial charge in [0, 0.05) is 42.4 Å². The third-order valence-electron chi connectivity index (χ3n) is 9.13. The summed E-state index contributed by atoms with van der Waals surface area (Å²) in [6, 6.07) is 51.4. The van der Waals surface area contributed by atoms with Crippen molar-refractivity contribution in [2.45, 2.75) is 0 Å². The largest absolute Gasteiger partial charge is 0.307 e. The van der Waals surface area contributed by atoms with E-state index >= 15 is 0 Å². The highest BCUT2D eigenvalue weighted by molar-refractivity contribution is 7.27. The number of hydrogen-bond acceptors (Lipinski definition) is 1. The van der Waals surface area contributed by atoms with E-state index in [2.05, 4.69) is 144 Å². The fourth-order valence-electron chi connectivity index (χ4n) is 7.48. The molecule has 0 saturated carbocycles. The maximum Gasteiger partial charge on any atom is 0.0726 e. The van der Waals surface area contributed by atoms with E-state index in [9.17, 15) is 0 Å². The fourth-order valence-corrected chi connectivity index (χ4v) is 8.73. The number of hydrogen-bond donors (Lipinski definition) is 0. The number of nitrogens with zero attached hydrogens (tertiary/aromatic N) is 1. The zero-order valence-electron chi connectivity index (χ0n) is 22.6. The van der Waals surface area contributed by atoms with Gasteiger partial charge < -0.3 is 4.57 Å². The molecule has 0 amide bonds. The standard InChI is InChI=1S/C40H23NS/c1-2-14-25-24(12-1)13-11-22-32(25)41-33-21-9-7-19-30(33)37-35-28-17-5-3-15-26(28)27-16-4-6-18-29(27)36(35)38-31-20-8-10-23-34(31)42-40(38)39(37)41/h1-23H. The molecule has 194 valence electrons. The number of thiophene rings is 1. The van der Waals surface area contributed by atoms with Gasteiger partial charge in [-0.2, -0.15) is 0 Å². The molecule has 1 nitrogen and oxygen atoms in total. The average molecular weight is 550 g/mol. The van der Waals surface area contributed by atoms with E-state index < -0.39 is 0 Å². The van der Waals surface area contributed by atoms with Gasteiger partial charge in [-0.1, -0.05) is 121 Å². The first kappa shape index (κ1) is 22.5. The van der Waals surface area contributed by atoms with Gasteiger partial charge in [0.15, 0.2) is 0 Å². The van der Waals surface area contributed by atoms with Crippen LogP contribution in [0.2, 0.25) is 0 Å². The van der Waals surface area contributed by atoms with Crippen LogP contribution in [0.3, 0.4) is 0 Å². The second-order valence-corrected chi connectivity index (χ2v) is 12.3. The van der Waals surface area contributed by atoms with Crippen LogP contribution in [-0.2, 0) is 0 Å². The smallest absolute Gasteiger partial charge is 0.0726 e. The van der Waals surface area contributed by atoms with E-state index in [0.29, 0.717) is 0 Å². The summed E-state index contributed by atoms with van der Waals surface area (Å²) in [6.07, 6.45) is 0. The van der Waals surface area contributed by atoms with Crippen LogP contribution in [0.1, 0.15) is 0 Å². The van der Waals surface area contributed by atoms with Gasteiger partial charge in [0.2, 0.25) is 0 Å². The minimum Gasteiger partial charge on any atom is -0.307 e. The maximum atomic E-state index is 2.55. The Morgan fingerprint density at radius 1 is 0.381 bits per heavy atom. The molecule has 2 heteroatoms. The Balaban J connectivity index is 1.63. The second-order valence-electron chi connectivity index (χ2n) is 11.2. The Morgan fingerprint density at radius 3 is 1.69 bits per heavy atom. The summed E-state index contributed by atoms with van der Waals surface area (Å²) >= 11 is 1.93. The molecule has 2 aromatic heterocycles.